The van der Waals surface area contributed by atoms with Crippen LogP contribution in [0.2, 0.25) is 0 Å². The molecule has 1 aromatic heterocycles. The lowest BCUT2D eigenvalue weighted by Gasteiger charge is -2.30. The number of aryl methyl sites for hydroxylation is 1. The monoisotopic (exact) mass is 372 g/mol. The van der Waals surface area contributed by atoms with E-state index in [-0.39, 0.29) is 18.3 Å². The Morgan fingerprint density at radius 2 is 1.93 bits per heavy atom. The highest BCUT2D eigenvalue weighted by molar-refractivity contribution is 5.93. The smallest absolute Gasteiger partial charge is 0.264 e. The number of amides is 1. The summed E-state index contributed by atoms with van der Waals surface area (Å²) in [7, 11) is 1.63. The Kier molecular flexibility index (Phi) is 5.88. The number of carbonyl (C=O) groups is 1. The van der Waals surface area contributed by atoms with E-state index in [0.29, 0.717) is 17.5 Å². The van der Waals surface area contributed by atoms with Gasteiger partial charge in [0.15, 0.2) is 6.61 Å². The van der Waals surface area contributed by atoms with Crippen molar-refractivity contribution in [2.24, 2.45) is 5.92 Å². The fourth-order valence-electron chi connectivity index (χ4n) is 2.99. The molecule has 0 bridgehead atoms. The largest absolute Gasteiger partial charge is 0.467 e. The molecule has 0 radical (unpaired) electrons. The molecule has 1 aromatic carbocycles. The third-order valence-electron chi connectivity index (χ3n) is 4.82. The van der Waals surface area contributed by atoms with Crippen molar-refractivity contribution in [1.29, 1.82) is 0 Å². The minimum atomic E-state index is -0.341. The SMILES string of the molecule is Cc1cc(OCC(=O)N(C)c2ccc(F)cc2)nc(N2CCC(C)CC2)n1. The molecular formula is C20H25FN4O2. The quantitative estimate of drug-likeness (QED) is 0.807. The first kappa shape index (κ1) is 19.1. The molecule has 0 N–H and O–H groups in total. The fourth-order valence-corrected chi connectivity index (χ4v) is 2.99. The number of anilines is 2. The van der Waals surface area contributed by atoms with Crippen LogP contribution in [-0.2, 0) is 4.79 Å². The zero-order valence-corrected chi connectivity index (χ0v) is 16.0. The van der Waals surface area contributed by atoms with Gasteiger partial charge in [0.05, 0.1) is 0 Å². The number of carbonyl (C=O) groups excluding carboxylic acids is 1. The number of hydrogen-bond acceptors (Lipinski definition) is 5. The molecule has 0 spiro atoms. The lowest BCUT2D eigenvalue weighted by molar-refractivity contribution is -0.120. The summed E-state index contributed by atoms with van der Waals surface area (Å²) < 4.78 is 18.6. The average Bonchev–Trinajstić information content (AvgIpc) is 2.66. The van der Waals surface area contributed by atoms with Gasteiger partial charge in [-0.2, -0.15) is 4.98 Å². The number of ether oxygens (including phenoxy) is 1. The first-order valence-corrected chi connectivity index (χ1v) is 9.18. The first-order valence-electron chi connectivity index (χ1n) is 9.18. The Morgan fingerprint density at radius 1 is 1.26 bits per heavy atom. The Labute approximate surface area is 159 Å². The van der Waals surface area contributed by atoms with Crippen LogP contribution in [0.1, 0.15) is 25.5 Å². The summed E-state index contributed by atoms with van der Waals surface area (Å²) in [6, 6.07) is 7.47. The molecular weight excluding hydrogens is 347 g/mol. The highest BCUT2D eigenvalue weighted by atomic mass is 19.1. The van der Waals surface area contributed by atoms with E-state index < -0.39 is 0 Å². The van der Waals surface area contributed by atoms with Crippen LogP contribution in [0.3, 0.4) is 0 Å². The molecule has 0 saturated carbocycles. The van der Waals surface area contributed by atoms with Crippen molar-refractivity contribution in [1.82, 2.24) is 9.97 Å². The van der Waals surface area contributed by atoms with Crippen LogP contribution in [-0.4, -0.2) is 42.6 Å². The van der Waals surface area contributed by atoms with Crippen LogP contribution < -0.4 is 14.5 Å². The van der Waals surface area contributed by atoms with Gasteiger partial charge in [-0.3, -0.25) is 4.79 Å². The van der Waals surface area contributed by atoms with Gasteiger partial charge in [-0.25, -0.2) is 9.37 Å². The predicted octanol–water partition coefficient (Wildman–Crippen LogP) is 3.20. The van der Waals surface area contributed by atoms with E-state index in [4.69, 9.17) is 4.74 Å². The van der Waals surface area contributed by atoms with E-state index >= 15 is 0 Å². The number of benzene rings is 1. The molecule has 1 aliphatic rings. The van der Waals surface area contributed by atoms with Gasteiger partial charge in [-0.1, -0.05) is 6.92 Å². The van der Waals surface area contributed by atoms with Gasteiger partial charge in [0, 0.05) is 37.6 Å². The van der Waals surface area contributed by atoms with Crippen LogP contribution in [0.4, 0.5) is 16.0 Å². The summed E-state index contributed by atoms with van der Waals surface area (Å²) in [6.07, 6.45) is 2.24. The lowest BCUT2D eigenvalue weighted by atomic mass is 10.00. The minimum Gasteiger partial charge on any atom is -0.467 e. The normalized spacial score (nSPS) is 14.9. The topological polar surface area (TPSA) is 58.6 Å². The van der Waals surface area contributed by atoms with Crippen LogP contribution >= 0.6 is 0 Å². The van der Waals surface area contributed by atoms with E-state index in [0.717, 1.165) is 37.5 Å². The summed E-state index contributed by atoms with van der Waals surface area (Å²) in [5, 5.41) is 0. The lowest BCUT2D eigenvalue weighted by Crippen LogP contribution is -2.34. The molecule has 1 saturated heterocycles. The number of hydrogen-bond donors (Lipinski definition) is 0. The molecule has 1 fully saturated rings. The van der Waals surface area contributed by atoms with E-state index in [1.807, 2.05) is 6.92 Å². The Hall–Kier alpha value is -2.70. The van der Waals surface area contributed by atoms with Gasteiger partial charge in [0.1, 0.15) is 5.82 Å². The Bertz CT molecular complexity index is 789. The molecule has 2 heterocycles. The van der Waals surface area contributed by atoms with Crippen LogP contribution in [0.15, 0.2) is 30.3 Å². The maximum Gasteiger partial charge on any atom is 0.264 e. The van der Waals surface area contributed by atoms with Gasteiger partial charge in [-0.05, 0) is 49.9 Å². The molecule has 0 atom stereocenters. The van der Waals surface area contributed by atoms with Gasteiger partial charge >= 0.3 is 0 Å². The van der Waals surface area contributed by atoms with Gasteiger partial charge in [-0.15, -0.1) is 0 Å². The van der Waals surface area contributed by atoms with E-state index in [1.165, 1.54) is 17.0 Å². The highest BCUT2D eigenvalue weighted by Crippen LogP contribution is 2.22. The van der Waals surface area contributed by atoms with Crippen molar-refractivity contribution in [3.8, 4) is 5.88 Å². The van der Waals surface area contributed by atoms with Crippen molar-refractivity contribution < 1.29 is 13.9 Å². The molecule has 27 heavy (non-hydrogen) atoms. The number of rotatable bonds is 5. The van der Waals surface area contributed by atoms with Crippen LogP contribution in [0.25, 0.3) is 0 Å². The molecule has 2 aromatic rings. The Balaban J connectivity index is 1.63. The second-order valence-electron chi connectivity index (χ2n) is 7.03. The van der Waals surface area contributed by atoms with Crippen molar-refractivity contribution in [3.63, 3.8) is 0 Å². The highest BCUT2D eigenvalue weighted by Gasteiger charge is 2.19. The third-order valence-corrected chi connectivity index (χ3v) is 4.82. The van der Waals surface area contributed by atoms with Crippen molar-refractivity contribution in [2.75, 3.05) is 36.5 Å². The number of likely N-dealkylation sites (N-methyl/N-ethyl adjacent to an activating group) is 1. The number of nitrogens with zero attached hydrogens (tertiary/aromatic N) is 4. The molecule has 1 aliphatic heterocycles. The van der Waals surface area contributed by atoms with E-state index in [2.05, 4.69) is 21.8 Å². The fraction of sp³-hybridized carbons (Fsp3) is 0.450. The minimum absolute atomic E-state index is 0.152. The van der Waals surface area contributed by atoms with Gasteiger partial charge < -0.3 is 14.5 Å². The summed E-state index contributed by atoms with van der Waals surface area (Å²) in [5.41, 5.74) is 1.40. The summed E-state index contributed by atoms with van der Waals surface area (Å²) >= 11 is 0. The molecule has 144 valence electrons. The second kappa shape index (κ2) is 8.33. The maximum atomic E-state index is 13.0. The van der Waals surface area contributed by atoms with Gasteiger partial charge in [0.25, 0.3) is 5.91 Å². The number of aromatic nitrogens is 2. The van der Waals surface area contributed by atoms with E-state index in [9.17, 15) is 9.18 Å². The standard InChI is InChI=1S/C20H25FN4O2/c1-14-8-10-25(11-9-14)20-22-15(2)12-18(23-20)27-13-19(26)24(3)17-6-4-16(21)5-7-17/h4-7,12,14H,8-11,13H2,1-3H3. The molecule has 7 heteroatoms. The Morgan fingerprint density at radius 3 is 2.59 bits per heavy atom. The van der Waals surface area contributed by atoms with Crippen molar-refractivity contribution >= 4 is 17.5 Å². The zero-order valence-electron chi connectivity index (χ0n) is 16.0. The van der Waals surface area contributed by atoms with Crippen molar-refractivity contribution in [2.45, 2.75) is 26.7 Å². The predicted molar refractivity (Wildman–Crippen MR) is 103 cm³/mol. The van der Waals surface area contributed by atoms with E-state index in [1.54, 1.807) is 25.2 Å². The third kappa shape index (κ3) is 4.93. The zero-order chi connectivity index (χ0) is 19.4. The molecule has 0 unspecified atom stereocenters. The number of piperidine rings is 1. The molecule has 6 nitrogen and oxygen atoms in total. The van der Waals surface area contributed by atoms with Crippen LogP contribution in [0.5, 0.6) is 5.88 Å². The van der Waals surface area contributed by atoms with Crippen molar-refractivity contribution in [3.05, 3.63) is 41.8 Å². The van der Waals surface area contributed by atoms with Gasteiger partial charge in [0.2, 0.25) is 11.8 Å². The summed E-state index contributed by atoms with van der Waals surface area (Å²) in [6.45, 7) is 5.84. The number of halogens is 1. The molecule has 0 aliphatic carbocycles. The summed E-state index contributed by atoms with van der Waals surface area (Å²) in [5.74, 6) is 1.17. The second-order valence-corrected chi connectivity index (χ2v) is 7.03. The average molecular weight is 372 g/mol. The van der Waals surface area contributed by atoms with Crippen LogP contribution in [0, 0.1) is 18.7 Å². The first-order chi connectivity index (χ1) is 12.9. The molecule has 1 amide bonds. The summed E-state index contributed by atoms with van der Waals surface area (Å²) in [4.78, 5) is 24.9. The molecule has 3 rings (SSSR count). The maximum absolute atomic E-state index is 13.0.